The summed E-state index contributed by atoms with van der Waals surface area (Å²) in [5.74, 6) is -1.98. The molecule has 0 fully saturated rings. The number of esters is 1. The number of ether oxygens (including phenoxy) is 1. The van der Waals surface area contributed by atoms with E-state index in [0.717, 1.165) is 36.1 Å². The van der Waals surface area contributed by atoms with Gasteiger partial charge in [-0.25, -0.2) is 4.79 Å². The summed E-state index contributed by atoms with van der Waals surface area (Å²) in [5, 5.41) is 3.11. The van der Waals surface area contributed by atoms with E-state index in [-0.39, 0.29) is 0 Å². The van der Waals surface area contributed by atoms with E-state index in [1.165, 1.54) is 0 Å². The maximum absolute atomic E-state index is 12.7. The van der Waals surface area contributed by atoms with Crippen LogP contribution in [0.25, 0.3) is 0 Å². The number of halogens is 6. The van der Waals surface area contributed by atoms with E-state index in [1.54, 1.807) is 0 Å². The number of carbonyl (C=O) groups excluding carboxylic acids is 1. The molecule has 2 rings (SSSR count). The SMILES string of the molecule is Cn1cc(C(=O)Oc2cccc(C(F)(F)F)c2)c(C(F)(F)F)n1. The van der Waals surface area contributed by atoms with Crippen LogP contribution in [0, 0.1) is 0 Å². The molecule has 0 atom stereocenters. The van der Waals surface area contributed by atoms with Crippen LogP contribution in [-0.4, -0.2) is 15.7 Å². The van der Waals surface area contributed by atoms with Gasteiger partial charge in [0.15, 0.2) is 5.69 Å². The number of alkyl halides is 6. The summed E-state index contributed by atoms with van der Waals surface area (Å²) >= 11 is 0. The largest absolute Gasteiger partial charge is 0.436 e. The highest BCUT2D eigenvalue weighted by Gasteiger charge is 2.39. The lowest BCUT2D eigenvalue weighted by molar-refractivity contribution is -0.142. The Balaban J connectivity index is 2.31. The van der Waals surface area contributed by atoms with Crippen molar-refractivity contribution in [2.75, 3.05) is 0 Å². The molecule has 0 unspecified atom stereocenters. The Morgan fingerprint density at radius 1 is 1.13 bits per heavy atom. The summed E-state index contributed by atoms with van der Waals surface area (Å²) in [6.07, 6.45) is -8.80. The lowest BCUT2D eigenvalue weighted by Crippen LogP contribution is -2.16. The fourth-order valence-electron chi connectivity index (χ4n) is 1.75. The Labute approximate surface area is 125 Å². The third-order valence-electron chi connectivity index (χ3n) is 2.69. The van der Waals surface area contributed by atoms with Crippen molar-refractivity contribution < 1.29 is 35.9 Å². The first-order valence-electron chi connectivity index (χ1n) is 5.99. The topological polar surface area (TPSA) is 44.1 Å². The predicted octanol–water partition coefficient (Wildman–Crippen LogP) is 3.68. The zero-order chi connectivity index (χ0) is 17.4. The van der Waals surface area contributed by atoms with E-state index in [1.807, 2.05) is 0 Å². The van der Waals surface area contributed by atoms with Crippen LogP contribution < -0.4 is 4.74 Å². The van der Waals surface area contributed by atoms with E-state index < -0.39 is 40.9 Å². The maximum atomic E-state index is 12.7. The Morgan fingerprint density at radius 2 is 1.78 bits per heavy atom. The van der Waals surface area contributed by atoms with Gasteiger partial charge < -0.3 is 4.74 Å². The standard InChI is InChI=1S/C13H8F6N2O2/c1-21-6-9(10(20-21)13(17,18)19)11(22)23-8-4-2-3-7(5-8)12(14,15)16/h2-6H,1H3. The molecule has 0 saturated carbocycles. The molecule has 0 amide bonds. The van der Waals surface area contributed by atoms with Crippen molar-refractivity contribution in [2.24, 2.45) is 7.05 Å². The molecule has 124 valence electrons. The van der Waals surface area contributed by atoms with Crippen LogP contribution in [0.3, 0.4) is 0 Å². The molecule has 0 aliphatic heterocycles. The highest BCUT2D eigenvalue weighted by Crippen LogP contribution is 2.33. The number of aryl methyl sites for hydroxylation is 1. The molecular formula is C13H8F6N2O2. The van der Waals surface area contributed by atoms with Gasteiger partial charge in [-0.1, -0.05) is 6.07 Å². The molecule has 0 aliphatic carbocycles. The Kier molecular flexibility index (Phi) is 4.10. The lowest BCUT2D eigenvalue weighted by Gasteiger charge is -2.09. The number of hydrogen-bond acceptors (Lipinski definition) is 3. The average Bonchev–Trinajstić information content (AvgIpc) is 2.80. The molecular weight excluding hydrogens is 330 g/mol. The second-order valence-corrected chi connectivity index (χ2v) is 4.48. The van der Waals surface area contributed by atoms with Gasteiger partial charge in [-0.3, -0.25) is 4.68 Å². The first kappa shape index (κ1) is 16.8. The molecule has 0 bridgehead atoms. The van der Waals surface area contributed by atoms with Crippen LogP contribution in [0.1, 0.15) is 21.6 Å². The molecule has 1 heterocycles. The first-order valence-corrected chi connectivity index (χ1v) is 5.99. The van der Waals surface area contributed by atoms with Gasteiger partial charge in [-0.05, 0) is 18.2 Å². The molecule has 4 nitrogen and oxygen atoms in total. The molecule has 0 radical (unpaired) electrons. The highest BCUT2D eigenvalue weighted by molar-refractivity contribution is 5.92. The third-order valence-corrected chi connectivity index (χ3v) is 2.69. The van der Waals surface area contributed by atoms with Crippen molar-refractivity contribution in [1.29, 1.82) is 0 Å². The normalized spacial score (nSPS) is 12.3. The summed E-state index contributed by atoms with van der Waals surface area (Å²) < 4.78 is 81.2. The van der Waals surface area contributed by atoms with E-state index >= 15 is 0 Å². The van der Waals surface area contributed by atoms with Gasteiger partial charge in [0.1, 0.15) is 11.3 Å². The third kappa shape index (κ3) is 3.82. The quantitative estimate of drug-likeness (QED) is 0.477. The monoisotopic (exact) mass is 338 g/mol. The molecule has 2 aromatic rings. The number of carbonyl (C=O) groups is 1. The molecule has 0 saturated heterocycles. The number of hydrogen-bond donors (Lipinski definition) is 0. The molecule has 0 N–H and O–H groups in total. The van der Waals surface area contributed by atoms with Crippen molar-refractivity contribution in [3.63, 3.8) is 0 Å². The van der Waals surface area contributed by atoms with Gasteiger partial charge in [0.05, 0.1) is 5.56 Å². The minimum Gasteiger partial charge on any atom is -0.423 e. The minimum atomic E-state index is -4.90. The van der Waals surface area contributed by atoms with Crippen LogP contribution in [-0.2, 0) is 19.4 Å². The van der Waals surface area contributed by atoms with Gasteiger partial charge in [-0.2, -0.15) is 31.4 Å². The predicted molar refractivity (Wildman–Crippen MR) is 64.6 cm³/mol. The van der Waals surface area contributed by atoms with E-state index in [0.29, 0.717) is 6.07 Å². The summed E-state index contributed by atoms with van der Waals surface area (Å²) in [7, 11) is 1.16. The summed E-state index contributed by atoms with van der Waals surface area (Å²) in [4.78, 5) is 11.8. The zero-order valence-electron chi connectivity index (χ0n) is 11.4. The zero-order valence-corrected chi connectivity index (χ0v) is 11.4. The van der Waals surface area contributed by atoms with Gasteiger partial charge in [0.25, 0.3) is 0 Å². The lowest BCUT2D eigenvalue weighted by atomic mass is 10.2. The number of aromatic nitrogens is 2. The average molecular weight is 338 g/mol. The van der Waals surface area contributed by atoms with E-state index in [2.05, 4.69) is 9.84 Å². The van der Waals surface area contributed by atoms with Crippen LogP contribution >= 0.6 is 0 Å². The second kappa shape index (κ2) is 5.60. The fraction of sp³-hybridized carbons (Fsp3) is 0.231. The van der Waals surface area contributed by atoms with Crippen molar-refractivity contribution >= 4 is 5.97 Å². The molecule has 1 aromatic carbocycles. The summed E-state index contributed by atoms with van der Waals surface area (Å²) in [6.45, 7) is 0. The van der Waals surface area contributed by atoms with Crippen molar-refractivity contribution in [3.8, 4) is 5.75 Å². The van der Waals surface area contributed by atoms with Crippen LogP contribution in [0.15, 0.2) is 30.5 Å². The molecule has 0 aliphatic rings. The summed E-state index contributed by atoms with van der Waals surface area (Å²) in [6, 6.07) is 3.25. The smallest absolute Gasteiger partial charge is 0.423 e. The molecule has 23 heavy (non-hydrogen) atoms. The van der Waals surface area contributed by atoms with Gasteiger partial charge >= 0.3 is 18.3 Å². The van der Waals surface area contributed by atoms with E-state index in [9.17, 15) is 31.1 Å². The van der Waals surface area contributed by atoms with E-state index in [4.69, 9.17) is 0 Å². The molecule has 10 heteroatoms. The van der Waals surface area contributed by atoms with Crippen LogP contribution in [0.4, 0.5) is 26.3 Å². The van der Waals surface area contributed by atoms with Crippen molar-refractivity contribution in [1.82, 2.24) is 9.78 Å². The Morgan fingerprint density at radius 3 is 2.35 bits per heavy atom. The van der Waals surface area contributed by atoms with Crippen molar-refractivity contribution in [2.45, 2.75) is 12.4 Å². The second-order valence-electron chi connectivity index (χ2n) is 4.48. The van der Waals surface area contributed by atoms with Crippen LogP contribution in [0.2, 0.25) is 0 Å². The fourth-order valence-corrected chi connectivity index (χ4v) is 1.75. The summed E-state index contributed by atoms with van der Waals surface area (Å²) in [5.41, 5.74) is -3.46. The number of rotatable bonds is 2. The number of nitrogens with zero attached hydrogens (tertiary/aromatic N) is 2. The van der Waals surface area contributed by atoms with Gasteiger partial charge in [-0.15, -0.1) is 0 Å². The van der Waals surface area contributed by atoms with Crippen LogP contribution in [0.5, 0.6) is 5.75 Å². The highest BCUT2D eigenvalue weighted by atomic mass is 19.4. The first-order chi connectivity index (χ1) is 10.5. The maximum Gasteiger partial charge on any atom is 0.436 e. The minimum absolute atomic E-state index is 0.515. The number of benzene rings is 1. The Hall–Kier alpha value is -2.52. The molecule has 1 aromatic heterocycles. The van der Waals surface area contributed by atoms with Crippen molar-refractivity contribution in [3.05, 3.63) is 47.3 Å². The van der Waals surface area contributed by atoms with Gasteiger partial charge in [0, 0.05) is 13.2 Å². The van der Waals surface area contributed by atoms with Gasteiger partial charge in [0.2, 0.25) is 0 Å². The molecule has 0 spiro atoms. The Bertz CT molecular complexity index is 733.